The summed E-state index contributed by atoms with van der Waals surface area (Å²) >= 11 is 0. The number of rotatable bonds is 14. The summed E-state index contributed by atoms with van der Waals surface area (Å²) in [6.45, 7) is 10.1. The van der Waals surface area contributed by atoms with Crippen LogP contribution in [0.2, 0.25) is 0 Å². The fourth-order valence-corrected chi connectivity index (χ4v) is 4.47. The molecule has 2 N–H and O–H groups in total. The van der Waals surface area contributed by atoms with Crippen molar-refractivity contribution in [2.75, 3.05) is 20.2 Å². The summed E-state index contributed by atoms with van der Waals surface area (Å²) in [6.07, 6.45) is 12.4. The predicted molar refractivity (Wildman–Crippen MR) is 143 cm³/mol. The largest absolute Gasteiger partial charge is 0.378 e. The maximum atomic E-state index is 10.8. The topological polar surface area (TPSA) is 76.4 Å². The number of benzene rings is 1. The van der Waals surface area contributed by atoms with Gasteiger partial charge in [0.05, 0.1) is 18.8 Å². The van der Waals surface area contributed by atoms with Crippen LogP contribution < -0.4 is 10.7 Å². The molecule has 0 bridgehead atoms. The Kier molecular flexibility index (Phi) is 16.3. The van der Waals surface area contributed by atoms with Gasteiger partial charge in [0.25, 0.3) is 0 Å². The Morgan fingerprint density at radius 1 is 1.18 bits per heavy atom. The minimum atomic E-state index is -0.415. The monoisotopic (exact) mass is 475 g/mol. The van der Waals surface area contributed by atoms with Gasteiger partial charge in [-0.3, -0.25) is 0 Å². The van der Waals surface area contributed by atoms with Gasteiger partial charge in [-0.05, 0) is 64.0 Å². The van der Waals surface area contributed by atoms with Crippen LogP contribution in [0.5, 0.6) is 0 Å². The molecule has 1 saturated carbocycles. The first-order valence-electron chi connectivity index (χ1n) is 13.3. The summed E-state index contributed by atoms with van der Waals surface area (Å²) in [4.78, 5) is 10.8. The number of unbranched alkanes of at least 4 members (excludes halogenated alkanes) is 2. The first-order chi connectivity index (χ1) is 16.4. The molecule has 6 nitrogen and oxygen atoms in total. The second kappa shape index (κ2) is 18.4. The summed E-state index contributed by atoms with van der Waals surface area (Å²) in [5.74, 6) is 0.788. The van der Waals surface area contributed by atoms with E-state index >= 15 is 0 Å². The zero-order chi connectivity index (χ0) is 25.2. The molecule has 2 atom stereocenters. The lowest BCUT2D eigenvalue weighted by atomic mass is 9.83. The lowest BCUT2D eigenvalue weighted by Gasteiger charge is -2.30. The summed E-state index contributed by atoms with van der Waals surface area (Å²) < 4.78 is 6.11. The van der Waals surface area contributed by atoms with E-state index in [1.54, 1.807) is 0 Å². The Hall–Kier alpha value is -1.92. The first-order valence-corrected chi connectivity index (χ1v) is 13.3. The van der Waals surface area contributed by atoms with Crippen LogP contribution in [0.15, 0.2) is 42.0 Å². The van der Waals surface area contributed by atoms with Crippen molar-refractivity contribution >= 4 is 0 Å². The van der Waals surface area contributed by atoms with Crippen molar-refractivity contribution in [1.29, 1.82) is 0 Å². The lowest BCUT2D eigenvalue weighted by Crippen LogP contribution is -2.41. The molecule has 1 aliphatic rings. The molecule has 0 radical (unpaired) electrons. The predicted octanol–water partition coefficient (Wildman–Crippen LogP) is 6.66. The highest BCUT2D eigenvalue weighted by atomic mass is 16.7. The highest BCUT2D eigenvalue weighted by Gasteiger charge is 2.26. The van der Waals surface area contributed by atoms with Crippen LogP contribution in [0.1, 0.15) is 97.0 Å². The van der Waals surface area contributed by atoms with Crippen LogP contribution >= 0.6 is 0 Å². The van der Waals surface area contributed by atoms with E-state index in [0.29, 0.717) is 18.6 Å². The van der Waals surface area contributed by atoms with Crippen molar-refractivity contribution in [3.63, 3.8) is 0 Å². The molecule has 0 aliphatic heterocycles. The van der Waals surface area contributed by atoms with Gasteiger partial charge in [0.15, 0.2) is 5.03 Å². The van der Waals surface area contributed by atoms with E-state index in [2.05, 4.69) is 67.9 Å². The molecular formula is C28H49N3O3. The second-order valence-electron chi connectivity index (χ2n) is 9.70. The molecular weight excluding hydrogens is 426 g/mol. The third kappa shape index (κ3) is 13.1. The van der Waals surface area contributed by atoms with Crippen LogP contribution in [0.25, 0.3) is 0 Å². The van der Waals surface area contributed by atoms with E-state index in [9.17, 15) is 10.1 Å². The van der Waals surface area contributed by atoms with Gasteiger partial charge < -0.3 is 10.1 Å². The smallest absolute Gasteiger partial charge is 0.157 e. The summed E-state index contributed by atoms with van der Waals surface area (Å²) in [5, 5.41) is 13.5. The zero-order valence-corrected chi connectivity index (χ0v) is 22.2. The van der Waals surface area contributed by atoms with Gasteiger partial charge in [0.1, 0.15) is 0 Å². The number of likely N-dealkylation sites (N-methyl/N-ethyl adjacent to an activating group) is 1. The number of nitro groups is 1. The number of hydrazine groups is 1. The molecule has 1 aromatic carbocycles. The Labute approximate surface area is 208 Å². The molecule has 1 fully saturated rings. The van der Waals surface area contributed by atoms with Gasteiger partial charge in [-0.2, -0.15) is 0 Å². The number of nitrogens with one attached hydrogen (secondary N) is 2. The molecule has 0 heterocycles. The molecule has 0 aromatic heterocycles. The van der Waals surface area contributed by atoms with Crippen LogP contribution in [0.3, 0.4) is 0 Å². The van der Waals surface area contributed by atoms with Gasteiger partial charge >= 0.3 is 0 Å². The molecule has 0 spiro atoms. The number of ether oxygens (including phenoxy) is 1. The fraction of sp³-hybridized carbons (Fsp3) is 0.714. The molecule has 2 rings (SSSR count). The van der Waals surface area contributed by atoms with Gasteiger partial charge in [-0.25, -0.2) is 10.1 Å². The summed E-state index contributed by atoms with van der Waals surface area (Å²) in [6, 6.07) is 10.6. The molecule has 1 aliphatic carbocycles. The first kappa shape index (κ1) is 30.1. The quantitative estimate of drug-likeness (QED) is 0.179. The second-order valence-corrected chi connectivity index (χ2v) is 9.70. The van der Waals surface area contributed by atoms with Crippen LogP contribution in [0, 0.1) is 16.0 Å². The third-order valence-electron chi connectivity index (χ3n) is 6.60. The van der Waals surface area contributed by atoms with Crippen molar-refractivity contribution < 1.29 is 9.77 Å². The SMILES string of the molecule is CCC/C=C(/C)CNC.CCCCC(N[N+](=O)[O-])C(C)COC1CCC(c2ccccc2)CC1. The minimum absolute atomic E-state index is 0.115. The Morgan fingerprint density at radius 3 is 2.41 bits per heavy atom. The number of nitrogens with zero attached hydrogens (tertiary/aromatic N) is 1. The van der Waals surface area contributed by atoms with Gasteiger partial charge in [0.2, 0.25) is 0 Å². The highest BCUT2D eigenvalue weighted by Crippen LogP contribution is 2.34. The third-order valence-corrected chi connectivity index (χ3v) is 6.60. The van der Waals surface area contributed by atoms with Crippen molar-refractivity contribution in [1.82, 2.24) is 10.7 Å². The van der Waals surface area contributed by atoms with Gasteiger partial charge in [-0.15, -0.1) is 5.43 Å². The van der Waals surface area contributed by atoms with Gasteiger partial charge in [0, 0.05) is 12.5 Å². The Balaban J connectivity index is 0.000000546. The van der Waals surface area contributed by atoms with E-state index in [1.165, 1.54) is 24.0 Å². The molecule has 1 aromatic rings. The van der Waals surface area contributed by atoms with E-state index < -0.39 is 5.03 Å². The van der Waals surface area contributed by atoms with Crippen molar-refractivity contribution in [3.8, 4) is 0 Å². The standard InChI is InChI=1S/C20H32N2O3.C8H17N/c1-3-4-10-20(21-22(23)24)16(2)15-25-19-13-11-18(12-14-19)17-8-6-5-7-9-17;1-4-5-6-8(2)7-9-3/h5-9,16,18-21H,3-4,10-15H2,1-2H3;6,9H,4-5,7H2,1-3H3/b;8-6-. The summed E-state index contributed by atoms with van der Waals surface area (Å²) in [5.41, 5.74) is 5.35. The van der Waals surface area contributed by atoms with Crippen LogP contribution in [-0.4, -0.2) is 37.4 Å². The average Bonchev–Trinajstić information content (AvgIpc) is 2.85. The highest BCUT2D eigenvalue weighted by molar-refractivity contribution is 5.19. The Bertz CT molecular complexity index is 673. The number of hydrogen-bond acceptors (Lipinski definition) is 4. The zero-order valence-electron chi connectivity index (χ0n) is 22.2. The maximum absolute atomic E-state index is 10.8. The van der Waals surface area contributed by atoms with Crippen LogP contribution in [0.4, 0.5) is 0 Å². The Morgan fingerprint density at radius 2 is 1.85 bits per heavy atom. The van der Waals surface area contributed by atoms with E-state index in [1.807, 2.05) is 14.0 Å². The van der Waals surface area contributed by atoms with E-state index in [-0.39, 0.29) is 12.0 Å². The van der Waals surface area contributed by atoms with Crippen molar-refractivity contribution in [2.24, 2.45) is 5.92 Å². The minimum Gasteiger partial charge on any atom is -0.378 e. The molecule has 6 heteroatoms. The van der Waals surface area contributed by atoms with E-state index in [4.69, 9.17) is 4.74 Å². The lowest BCUT2D eigenvalue weighted by molar-refractivity contribution is -0.553. The molecule has 0 amide bonds. The fourth-order valence-electron chi connectivity index (χ4n) is 4.47. The average molecular weight is 476 g/mol. The maximum Gasteiger partial charge on any atom is 0.157 e. The normalized spacial score (nSPS) is 20.1. The summed E-state index contributed by atoms with van der Waals surface area (Å²) in [7, 11) is 1.98. The van der Waals surface area contributed by atoms with Crippen LogP contribution in [-0.2, 0) is 4.74 Å². The number of allylic oxidation sites excluding steroid dienone is 1. The molecule has 2 unspecified atom stereocenters. The van der Waals surface area contributed by atoms with Crippen molar-refractivity contribution in [2.45, 2.75) is 104 Å². The van der Waals surface area contributed by atoms with Crippen molar-refractivity contribution in [3.05, 3.63) is 57.7 Å². The molecule has 0 saturated heterocycles. The number of hydrogen-bond donors (Lipinski definition) is 2. The van der Waals surface area contributed by atoms with E-state index in [0.717, 1.165) is 51.5 Å². The molecule has 194 valence electrons. The van der Waals surface area contributed by atoms with Gasteiger partial charge in [-0.1, -0.05) is 82.0 Å². The molecule has 34 heavy (non-hydrogen) atoms.